The zero-order valence-corrected chi connectivity index (χ0v) is 11.8. The van der Waals surface area contributed by atoms with Crippen molar-refractivity contribution in [3.8, 4) is 22.7 Å². The minimum Gasteiger partial charge on any atom is -0.491 e. The summed E-state index contributed by atoms with van der Waals surface area (Å²) in [5.41, 5.74) is 1.50. The zero-order valence-electron chi connectivity index (χ0n) is 11.0. The van der Waals surface area contributed by atoms with Crippen LogP contribution in [0.2, 0.25) is 5.15 Å². The Hall–Kier alpha value is -2.47. The number of nitrogens with zero attached hydrogens (tertiary/aromatic N) is 4. The maximum atomic E-state index is 13.8. The first-order valence-corrected chi connectivity index (χ1v) is 6.43. The number of para-hydroxylation sites is 1. The third-order valence-electron chi connectivity index (χ3n) is 2.92. The first-order valence-electron chi connectivity index (χ1n) is 6.05. The van der Waals surface area contributed by atoms with Crippen molar-refractivity contribution in [3.05, 3.63) is 54.0 Å². The number of rotatable bonds is 3. The summed E-state index contributed by atoms with van der Waals surface area (Å²) in [6.07, 6.45) is 4.55. The molecular formula is C14H10ClFN4O. The van der Waals surface area contributed by atoms with Crippen LogP contribution in [0.15, 0.2) is 43.0 Å². The van der Waals surface area contributed by atoms with Gasteiger partial charge in [0.2, 0.25) is 0 Å². The highest BCUT2D eigenvalue weighted by molar-refractivity contribution is 6.31. The second-order valence-electron chi connectivity index (χ2n) is 4.17. The number of benzene rings is 1. The predicted molar refractivity (Wildman–Crippen MR) is 76.1 cm³/mol. The topological polar surface area (TPSA) is 52.8 Å². The predicted octanol–water partition coefficient (Wildman–Crippen LogP) is 3.13. The van der Waals surface area contributed by atoms with Crippen LogP contribution in [0.4, 0.5) is 4.39 Å². The van der Waals surface area contributed by atoms with E-state index in [2.05, 4.69) is 15.1 Å². The van der Waals surface area contributed by atoms with Gasteiger partial charge in [-0.2, -0.15) is 5.10 Å². The third kappa shape index (κ3) is 2.45. The molecule has 106 valence electrons. The summed E-state index contributed by atoms with van der Waals surface area (Å²) in [5, 5.41) is 4.36. The van der Waals surface area contributed by atoms with Crippen molar-refractivity contribution in [2.24, 2.45) is 0 Å². The van der Waals surface area contributed by atoms with Crippen molar-refractivity contribution >= 4 is 11.6 Å². The van der Waals surface area contributed by atoms with E-state index in [0.29, 0.717) is 22.7 Å². The smallest absolute Gasteiger partial charge is 0.182 e. The molecule has 0 saturated carbocycles. The molecule has 1 aromatic carbocycles. The van der Waals surface area contributed by atoms with Crippen molar-refractivity contribution in [3.63, 3.8) is 0 Å². The van der Waals surface area contributed by atoms with Gasteiger partial charge in [0.1, 0.15) is 23.5 Å². The van der Waals surface area contributed by atoms with Crippen LogP contribution in [0.1, 0.15) is 0 Å². The molecule has 0 aliphatic rings. The number of ether oxygens (including phenoxy) is 1. The largest absolute Gasteiger partial charge is 0.491 e. The van der Waals surface area contributed by atoms with Gasteiger partial charge in [-0.25, -0.2) is 19.0 Å². The van der Waals surface area contributed by atoms with Crippen LogP contribution in [-0.2, 0) is 0 Å². The molecule has 0 unspecified atom stereocenters. The van der Waals surface area contributed by atoms with E-state index < -0.39 is 0 Å². The highest BCUT2D eigenvalue weighted by atomic mass is 35.5. The molecule has 7 heteroatoms. The van der Waals surface area contributed by atoms with Gasteiger partial charge in [0, 0.05) is 11.8 Å². The minimum atomic E-state index is -0.361. The maximum absolute atomic E-state index is 13.8. The lowest BCUT2D eigenvalue weighted by Crippen LogP contribution is -1.97. The molecule has 0 aliphatic heterocycles. The van der Waals surface area contributed by atoms with E-state index in [1.807, 2.05) is 0 Å². The molecule has 0 N–H and O–H groups in total. The molecular weight excluding hydrogens is 295 g/mol. The zero-order chi connectivity index (χ0) is 14.8. The fraction of sp³-hybridized carbons (Fsp3) is 0.0714. The van der Waals surface area contributed by atoms with E-state index >= 15 is 0 Å². The summed E-state index contributed by atoms with van der Waals surface area (Å²) < 4.78 is 20.4. The van der Waals surface area contributed by atoms with Gasteiger partial charge in [-0.1, -0.05) is 23.7 Å². The number of hydrogen-bond donors (Lipinski definition) is 0. The summed E-state index contributed by atoms with van der Waals surface area (Å²) in [6, 6.07) is 6.37. The van der Waals surface area contributed by atoms with E-state index in [0.717, 1.165) is 0 Å². The number of hydrogen-bond acceptors (Lipinski definition) is 4. The lowest BCUT2D eigenvalue weighted by Gasteiger charge is -2.06. The summed E-state index contributed by atoms with van der Waals surface area (Å²) >= 11 is 5.97. The van der Waals surface area contributed by atoms with Gasteiger partial charge in [-0.15, -0.1) is 0 Å². The highest BCUT2D eigenvalue weighted by Crippen LogP contribution is 2.32. The van der Waals surface area contributed by atoms with Gasteiger partial charge in [-0.05, 0) is 12.1 Å². The van der Waals surface area contributed by atoms with Crippen LogP contribution in [0.25, 0.3) is 16.9 Å². The Kier molecular flexibility index (Phi) is 3.53. The Balaban J connectivity index is 2.08. The molecule has 3 aromatic rings. The van der Waals surface area contributed by atoms with Crippen molar-refractivity contribution in [2.45, 2.75) is 0 Å². The molecule has 0 saturated heterocycles. The second kappa shape index (κ2) is 5.49. The van der Waals surface area contributed by atoms with E-state index in [4.69, 9.17) is 16.3 Å². The van der Waals surface area contributed by atoms with Gasteiger partial charge in [-0.3, -0.25) is 0 Å². The van der Waals surface area contributed by atoms with Gasteiger partial charge in [0.05, 0.1) is 13.3 Å². The van der Waals surface area contributed by atoms with E-state index in [9.17, 15) is 4.39 Å². The third-order valence-corrected chi connectivity index (χ3v) is 3.19. The Morgan fingerprint density at radius 3 is 2.81 bits per heavy atom. The summed E-state index contributed by atoms with van der Waals surface area (Å²) in [7, 11) is 1.48. The normalized spacial score (nSPS) is 10.6. The Bertz CT molecular complexity index is 790. The molecule has 0 atom stereocenters. The molecule has 0 aliphatic carbocycles. The second-order valence-corrected chi connectivity index (χ2v) is 4.53. The van der Waals surface area contributed by atoms with Crippen LogP contribution in [-0.4, -0.2) is 26.9 Å². The average molecular weight is 305 g/mol. The first-order chi connectivity index (χ1) is 10.2. The SMILES string of the molecule is COc1c(Cl)ncnc1-c1cnn(-c2ccccc2F)c1. The summed E-state index contributed by atoms with van der Waals surface area (Å²) in [6.45, 7) is 0. The number of methoxy groups -OCH3 is 1. The van der Waals surface area contributed by atoms with Crippen molar-refractivity contribution in [2.75, 3.05) is 7.11 Å². The van der Waals surface area contributed by atoms with Crippen LogP contribution in [0.5, 0.6) is 5.75 Å². The summed E-state index contributed by atoms with van der Waals surface area (Å²) in [4.78, 5) is 8.00. The molecule has 0 radical (unpaired) electrons. The lowest BCUT2D eigenvalue weighted by molar-refractivity contribution is 0.413. The highest BCUT2D eigenvalue weighted by Gasteiger charge is 2.15. The van der Waals surface area contributed by atoms with E-state index in [1.54, 1.807) is 30.6 Å². The van der Waals surface area contributed by atoms with Crippen LogP contribution >= 0.6 is 11.6 Å². The number of aromatic nitrogens is 4. The van der Waals surface area contributed by atoms with Crippen molar-refractivity contribution in [1.82, 2.24) is 19.7 Å². The van der Waals surface area contributed by atoms with E-state index in [1.165, 1.54) is 24.2 Å². The van der Waals surface area contributed by atoms with Crippen LogP contribution in [0, 0.1) is 5.82 Å². The van der Waals surface area contributed by atoms with Gasteiger partial charge < -0.3 is 4.74 Å². The maximum Gasteiger partial charge on any atom is 0.182 e. The van der Waals surface area contributed by atoms with Gasteiger partial charge >= 0.3 is 0 Å². The number of halogens is 2. The summed E-state index contributed by atoms with van der Waals surface area (Å²) in [5.74, 6) is -0.00733. The Labute approximate surface area is 125 Å². The molecule has 21 heavy (non-hydrogen) atoms. The molecule has 5 nitrogen and oxygen atoms in total. The van der Waals surface area contributed by atoms with Gasteiger partial charge in [0.15, 0.2) is 10.9 Å². The standard InChI is InChI=1S/C14H10ClFN4O/c1-21-13-12(17-8-18-14(13)15)9-6-19-20(7-9)11-5-3-2-4-10(11)16/h2-8H,1H3. The molecule has 0 spiro atoms. The van der Waals surface area contributed by atoms with Crippen molar-refractivity contribution in [1.29, 1.82) is 0 Å². The van der Waals surface area contributed by atoms with Gasteiger partial charge in [0.25, 0.3) is 0 Å². The molecule has 0 amide bonds. The average Bonchev–Trinajstić information content (AvgIpc) is 2.97. The van der Waals surface area contributed by atoms with Crippen LogP contribution < -0.4 is 4.74 Å². The van der Waals surface area contributed by atoms with Crippen LogP contribution in [0.3, 0.4) is 0 Å². The molecule has 0 fully saturated rings. The molecule has 2 aromatic heterocycles. The quantitative estimate of drug-likeness (QED) is 0.698. The minimum absolute atomic E-state index is 0.209. The fourth-order valence-electron chi connectivity index (χ4n) is 1.95. The van der Waals surface area contributed by atoms with E-state index in [-0.39, 0.29) is 11.0 Å². The molecule has 2 heterocycles. The first kappa shape index (κ1) is 13.5. The molecule has 0 bridgehead atoms. The Morgan fingerprint density at radius 1 is 1.24 bits per heavy atom. The lowest BCUT2D eigenvalue weighted by atomic mass is 10.2. The monoisotopic (exact) mass is 304 g/mol. The Morgan fingerprint density at radius 2 is 2.05 bits per heavy atom. The fourth-order valence-corrected chi connectivity index (χ4v) is 2.16. The molecule has 3 rings (SSSR count). The van der Waals surface area contributed by atoms with Crippen molar-refractivity contribution < 1.29 is 9.13 Å².